The van der Waals surface area contributed by atoms with Crippen molar-refractivity contribution in [2.45, 2.75) is 71.6 Å². The van der Waals surface area contributed by atoms with Crippen LogP contribution >= 0.6 is 0 Å². The van der Waals surface area contributed by atoms with Gasteiger partial charge >= 0.3 is 0 Å². The van der Waals surface area contributed by atoms with Crippen molar-refractivity contribution in [3.05, 3.63) is 17.0 Å². The lowest BCUT2D eigenvalue weighted by Crippen LogP contribution is -2.39. The van der Waals surface area contributed by atoms with E-state index in [9.17, 15) is 4.79 Å². The number of likely N-dealkylation sites (tertiary alicyclic amines) is 1. The number of hydrogen-bond acceptors (Lipinski definition) is 4. The van der Waals surface area contributed by atoms with Crippen LogP contribution < -0.4 is 5.32 Å². The number of hydrogen-bond donors (Lipinski definition) is 1. The Kier molecular flexibility index (Phi) is 6.13. The molecule has 1 aliphatic carbocycles. The van der Waals surface area contributed by atoms with Gasteiger partial charge < -0.3 is 10.1 Å². The summed E-state index contributed by atoms with van der Waals surface area (Å²) in [4.78, 5) is 14.7. The van der Waals surface area contributed by atoms with Crippen molar-refractivity contribution in [3.63, 3.8) is 0 Å². The van der Waals surface area contributed by atoms with Crippen LogP contribution in [0.1, 0.15) is 62.4 Å². The van der Waals surface area contributed by atoms with Crippen LogP contribution in [0.5, 0.6) is 0 Å². The van der Waals surface area contributed by atoms with Crippen LogP contribution in [0, 0.1) is 11.8 Å². The Morgan fingerprint density at radius 3 is 2.74 bits per heavy atom. The zero-order valence-electron chi connectivity index (χ0n) is 16.7. The van der Waals surface area contributed by atoms with E-state index in [-0.39, 0.29) is 5.92 Å². The smallest absolute Gasteiger partial charge is 0.223 e. The predicted octanol–water partition coefficient (Wildman–Crippen LogP) is 2.49. The van der Waals surface area contributed by atoms with Crippen LogP contribution in [0.25, 0.3) is 0 Å². The molecule has 0 radical (unpaired) electrons. The quantitative estimate of drug-likeness (QED) is 0.831. The van der Waals surface area contributed by atoms with Gasteiger partial charge in [-0.3, -0.25) is 14.4 Å². The molecule has 0 aromatic carbocycles. The Morgan fingerprint density at radius 2 is 2.00 bits per heavy atom. The van der Waals surface area contributed by atoms with Crippen molar-refractivity contribution in [1.82, 2.24) is 20.0 Å². The highest BCUT2D eigenvalue weighted by Gasteiger charge is 2.26. The molecule has 1 saturated carbocycles. The van der Waals surface area contributed by atoms with Gasteiger partial charge in [-0.1, -0.05) is 12.8 Å². The second-order valence-corrected chi connectivity index (χ2v) is 8.44. The van der Waals surface area contributed by atoms with Gasteiger partial charge in [0.2, 0.25) is 5.91 Å². The molecule has 150 valence electrons. The lowest BCUT2D eigenvalue weighted by molar-refractivity contribution is -0.125. The zero-order valence-corrected chi connectivity index (χ0v) is 16.7. The molecule has 0 unspecified atom stereocenters. The standard InChI is InChI=1S/C21H34N4O2/c1-2-25-20-9-12-27-15-18(20)19(23-25)14-24-10-7-16(8-11-24)13-22-21(26)17-5-3-4-6-17/h16-17H,2-15H2,1H3,(H,22,26). The Hall–Kier alpha value is -1.40. The number of ether oxygens (including phenoxy) is 1. The number of carbonyl (C=O) groups is 1. The summed E-state index contributed by atoms with van der Waals surface area (Å²) in [5.74, 6) is 1.20. The maximum absolute atomic E-state index is 12.2. The topological polar surface area (TPSA) is 59.4 Å². The van der Waals surface area contributed by atoms with Crippen molar-refractivity contribution in [2.24, 2.45) is 11.8 Å². The molecule has 2 fully saturated rings. The normalized spacial score (nSPS) is 22.1. The van der Waals surface area contributed by atoms with Crippen molar-refractivity contribution >= 4 is 5.91 Å². The third-order valence-corrected chi connectivity index (χ3v) is 6.65. The summed E-state index contributed by atoms with van der Waals surface area (Å²) in [6.07, 6.45) is 7.93. The number of amides is 1. The minimum absolute atomic E-state index is 0.284. The Bertz CT molecular complexity index is 643. The molecule has 2 aliphatic heterocycles. The molecule has 3 aliphatic rings. The van der Waals surface area contributed by atoms with Crippen molar-refractivity contribution in [3.8, 4) is 0 Å². The average molecular weight is 375 g/mol. The first-order valence-corrected chi connectivity index (χ1v) is 10.9. The highest BCUT2D eigenvalue weighted by molar-refractivity contribution is 5.78. The third-order valence-electron chi connectivity index (χ3n) is 6.65. The van der Waals surface area contributed by atoms with E-state index >= 15 is 0 Å². The van der Waals surface area contributed by atoms with Crippen LogP contribution in [-0.2, 0) is 35.6 Å². The first-order chi connectivity index (χ1) is 13.2. The lowest BCUT2D eigenvalue weighted by atomic mass is 9.96. The third kappa shape index (κ3) is 4.37. The fourth-order valence-electron chi connectivity index (χ4n) is 4.90. The molecule has 4 rings (SSSR count). The monoisotopic (exact) mass is 374 g/mol. The number of aryl methyl sites for hydroxylation is 1. The van der Waals surface area contributed by atoms with Crippen molar-refractivity contribution in [1.29, 1.82) is 0 Å². The van der Waals surface area contributed by atoms with Gasteiger partial charge in [-0.05, 0) is 51.6 Å². The highest BCUT2D eigenvalue weighted by atomic mass is 16.5. The summed E-state index contributed by atoms with van der Waals surface area (Å²) in [5.41, 5.74) is 3.91. The Morgan fingerprint density at radius 1 is 1.22 bits per heavy atom. The number of piperidine rings is 1. The molecule has 27 heavy (non-hydrogen) atoms. The van der Waals surface area contributed by atoms with Crippen LogP contribution in [0.3, 0.4) is 0 Å². The maximum atomic E-state index is 12.2. The molecule has 1 amide bonds. The summed E-state index contributed by atoms with van der Waals surface area (Å²) in [6.45, 7) is 8.61. The van der Waals surface area contributed by atoms with Gasteiger partial charge in [0.1, 0.15) is 0 Å². The fraction of sp³-hybridized carbons (Fsp3) is 0.810. The second kappa shape index (κ2) is 8.74. The number of rotatable bonds is 6. The van der Waals surface area contributed by atoms with E-state index in [4.69, 9.17) is 9.84 Å². The Balaban J connectivity index is 1.25. The van der Waals surface area contributed by atoms with Crippen LogP contribution in [-0.4, -0.2) is 46.8 Å². The molecular formula is C21H34N4O2. The molecule has 1 N–H and O–H groups in total. The first kappa shape index (κ1) is 18.9. The molecule has 1 saturated heterocycles. The molecule has 1 aromatic rings. The van der Waals surface area contributed by atoms with Gasteiger partial charge in [-0.2, -0.15) is 5.10 Å². The van der Waals surface area contributed by atoms with E-state index in [1.54, 1.807) is 0 Å². The predicted molar refractivity (Wildman–Crippen MR) is 104 cm³/mol. The van der Waals surface area contributed by atoms with Crippen LogP contribution in [0.15, 0.2) is 0 Å². The summed E-state index contributed by atoms with van der Waals surface area (Å²) in [7, 11) is 0. The second-order valence-electron chi connectivity index (χ2n) is 8.44. The molecule has 6 heteroatoms. The van der Waals surface area contributed by atoms with Gasteiger partial charge in [0.25, 0.3) is 0 Å². The van der Waals surface area contributed by atoms with Gasteiger partial charge in [0.15, 0.2) is 0 Å². The van der Waals surface area contributed by atoms with E-state index in [1.807, 2.05) is 0 Å². The van der Waals surface area contributed by atoms with E-state index in [1.165, 1.54) is 29.8 Å². The minimum atomic E-state index is 0.284. The lowest BCUT2D eigenvalue weighted by Gasteiger charge is -2.32. The molecule has 0 bridgehead atoms. The molecule has 6 nitrogen and oxygen atoms in total. The van der Waals surface area contributed by atoms with Crippen LogP contribution in [0.2, 0.25) is 0 Å². The number of fused-ring (bicyclic) bond motifs is 1. The summed E-state index contributed by atoms with van der Waals surface area (Å²) >= 11 is 0. The van der Waals surface area contributed by atoms with Crippen molar-refractivity contribution < 1.29 is 9.53 Å². The summed E-state index contributed by atoms with van der Waals surface area (Å²) < 4.78 is 7.85. The van der Waals surface area contributed by atoms with E-state index in [0.717, 1.165) is 71.4 Å². The van der Waals surface area contributed by atoms with E-state index in [2.05, 4.69) is 21.8 Å². The van der Waals surface area contributed by atoms with E-state index < -0.39 is 0 Å². The maximum Gasteiger partial charge on any atom is 0.223 e. The highest BCUT2D eigenvalue weighted by Crippen LogP contribution is 2.26. The van der Waals surface area contributed by atoms with Gasteiger partial charge in [0.05, 0.1) is 18.9 Å². The number of aromatic nitrogens is 2. The SMILES string of the molecule is CCn1nc(CN2CCC(CNC(=O)C3CCCC3)CC2)c2c1CCOC2. The largest absolute Gasteiger partial charge is 0.376 e. The molecule has 3 heterocycles. The average Bonchev–Trinajstić information content (AvgIpc) is 3.36. The minimum Gasteiger partial charge on any atom is -0.376 e. The Labute approximate surface area is 162 Å². The fourth-order valence-corrected chi connectivity index (χ4v) is 4.90. The molecule has 0 spiro atoms. The van der Waals surface area contributed by atoms with Gasteiger partial charge in [-0.25, -0.2) is 0 Å². The van der Waals surface area contributed by atoms with Crippen molar-refractivity contribution in [2.75, 3.05) is 26.2 Å². The van der Waals surface area contributed by atoms with Gasteiger partial charge in [-0.15, -0.1) is 0 Å². The van der Waals surface area contributed by atoms with E-state index in [0.29, 0.717) is 18.4 Å². The summed E-state index contributed by atoms with van der Waals surface area (Å²) in [6, 6.07) is 0. The molecule has 0 atom stereocenters. The first-order valence-electron chi connectivity index (χ1n) is 10.9. The molecule has 1 aromatic heterocycles. The van der Waals surface area contributed by atoms with Crippen LogP contribution in [0.4, 0.5) is 0 Å². The number of nitrogens with one attached hydrogen (secondary N) is 1. The zero-order chi connectivity index (χ0) is 18.6. The number of nitrogens with zero attached hydrogens (tertiary/aromatic N) is 3. The number of carbonyl (C=O) groups excluding carboxylic acids is 1. The summed E-state index contributed by atoms with van der Waals surface area (Å²) in [5, 5.41) is 8.09. The van der Waals surface area contributed by atoms with Gasteiger partial charge in [0, 0.05) is 43.2 Å². The molecular weight excluding hydrogens is 340 g/mol.